The number of nitriles is 1. The summed E-state index contributed by atoms with van der Waals surface area (Å²) < 4.78 is 0. The van der Waals surface area contributed by atoms with Crippen molar-refractivity contribution in [3.05, 3.63) is 0 Å². The zero-order valence-corrected chi connectivity index (χ0v) is 7.84. The molecule has 0 aliphatic heterocycles. The van der Waals surface area contributed by atoms with Gasteiger partial charge >= 0.3 is 0 Å². The number of nitrogens with zero attached hydrogens (tertiary/aromatic N) is 1. The van der Waals surface area contributed by atoms with Crippen LogP contribution in [0.1, 0.15) is 39.0 Å². The number of hydrogen-bond acceptors (Lipinski definition) is 2. The van der Waals surface area contributed by atoms with Gasteiger partial charge in [0.2, 0.25) is 0 Å². The molecule has 0 saturated heterocycles. The lowest BCUT2D eigenvalue weighted by Gasteiger charge is -2.09. The fourth-order valence-corrected chi connectivity index (χ4v) is 1.25. The highest BCUT2D eigenvalue weighted by Gasteiger charge is 2.21. The first-order valence-electron chi connectivity index (χ1n) is 4.99. The van der Waals surface area contributed by atoms with Crippen LogP contribution in [-0.2, 0) is 0 Å². The SMILES string of the molecule is CCCCC(C#N)NCC1CC1. The van der Waals surface area contributed by atoms with Gasteiger partial charge in [-0.05, 0) is 31.7 Å². The van der Waals surface area contributed by atoms with Crippen LogP contribution < -0.4 is 5.32 Å². The van der Waals surface area contributed by atoms with Gasteiger partial charge in [0, 0.05) is 0 Å². The monoisotopic (exact) mass is 166 g/mol. The Labute approximate surface area is 75.0 Å². The molecule has 1 aliphatic rings. The fourth-order valence-electron chi connectivity index (χ4n) is 1.25. The molecule has 2 heteroatoms. The molecule has 0 bridgehead atoms. The van der Waals surface area contributed by atoms with Crippen LogP contribution in [0.25, 0.3) is 0 Å². The third kappa shape index (κ3) is 3.73. The van der Waals surface area contributed by atoms with Crippen LogP contribution in [0.3, 0.4) is 0 Å². The molecule has 0 spiro atoms. The van der Waals surface area contributed by atoms with Gasteiger partial charge in [0.05, 0.1) is 12.1 Å². The van der Waals surface area contributed by atoms with Crippen molar-refractivity contribution in [1.82, 2.24) is 5.32 Å². The molecular weight excluding hydrogens is 148 g/mol. The molecule has 0 amide bonds. The largest absolute Gasteiger partial charge is 0.302 e. The van der Waals surface area contributed by atoms with E-state index in [-0.39, 0.29) is 6.04 Å². The predicted molar refractivity (Wildman–Crippen MR) is 49.7 cm³/mol. The molecule has 0 radical (unpaired) electrons. The fraction of sp³-hybridized carbons (Fsp3) is 0.900. The molecule has 0 aromatic heterocycles. The lowest BCUT2D eigenvalue weighted by atomic mass is 10.1. The molecule has 1 fully saturated rings. The minimum atomic E-state index is 0.102. The molecule has 12 heavy (non-hydrogen) atoms. The Kier molecular flexibility index (Phi) is 4.10. The van der Waals surface area contributed by atoms with Gasteiger partial charge in [-0.25, -0.2) is 0 Å². The second-order valence-electron chi connectivity index (χ2n) is 3.68. The first kappa shape index (κ1) is 9.54. The van der Waals surface area contributed by atoms with E-state index in [2.05, 4.69) is 18.3 Å². The highest BCUT2D eigenvalue weighted by atomic mass is 14.9. The summed E-state index contributed by atoms with van der Waals surface area (Å²) in [5, 5.41) is 12.1. The first-order chi connectivity index (χ1) is 5.86. The Morgan fingerprint density at radius 2 is 2.33 bits per heavy atom. The Bertz CT molecular complexity index is 156. The van der Waals surface area contributed by atoms with Crippen molar-refractivity contribution in [2.24, 2.45) is 5.92 Å². The topological polar surface area (TPSA) is 35.8 Å². The van der Waals surface area contributed by atoms with E-state index in [1.807, 2.05) is 0 Å². The summed E-state index contributed by atoms with van der Waals surface area (Å²) in [6.07, 6.45) is 6.08. The summed E-state index contributed by atoms with van der Waals surface area (Å²) in [5.41, 5.74) is 0. The first-order valence-corrected chi connectivity index (χ1v) is 4.99. The van der Waals surface area contributed by atoms with Crippen molar-refractivity contribution in [3.63, 3.8) is 0 Å². The Balaban J connectivity index is 2.03. The summed E-state index contributed by atoms with van der Waals surface area (Å²) in [7, 11) is 0. The van der Waals surface area contributed by atoms with E-state index in [0.29, 0.717) is 0 Å². The molecule has 1 atom stereocenters. The molecular formula is C10H18N2. The van der Waals surface area contributed by atoms with E-state index >= 15 is 0 Å². The lowest BCUT2D eigenvalue weighted by Crippen LogP contribution is -2.29. The second kappa shape index (κ2) is 5.16. The standard InChI is InChI=1S/C10H18N2/c1-2-3-4-10(7-11)12-8-9-5-6-9/h9-10,12H,2-6,8H2,1H3. The highest BCUT2D eigenvalue weighted by Crippen LogP contribution is 2.27. The van der Waals surface area contributed by atoms with Gasteiger partial charge in [-0.2, -0.15) is 5.26 Å². The molecule has 1 saturated carbocycles. The van der Waals surface area contributed by atoms with Crippen molar-refractivity contribution >= 4 is 0 Å². The number of hydrogen-bond donors (Lipinski definition) is 1. The Morgan fingerprint density at radius 3 is 2.83 bits per heavy atom. The zero-order valence-electron chi connectivity index (χ0n) is 7.84. The average Bonchev–Trinajstić information content (AvgIpc) is 2.89. The summed E-state index contributed by atoms with van der Waals surface area (Å²) >= 11 is 0. The summed E-state index contributed by atoms with van der Waals surface area (Å²) in [4.78, 5) is 0. The van der Waals surface area contributed by atoms with Crippen LogP contribution in [0.5, 0.6) is 0 Å². The third-order valence-corrected chi connectivity index (χ3v) is 2.35. The van der Waals surface area contributed by atoms with Crippen LogP contribution in [0.4, 0.5) is 0 Å². The van der Waals surface area contributed by atoms with E-state index in [0.717, 1.165) is 25.3 Å². The van der Waals surface area contributed by atoms with Gasteiger partial charge in [0.1, 0.15) is 0 Å². The lowest BCUT2D eigenvalue weighted by molar-refractivity contribution is 0.525. The van der Waals surface area contributed by atoms with Gasteiger partial charge in [0.15, 0.2) is 0 Å². The summed E-state index contributed by atoms with van der Waals surface area (Å²) in [6.45, 7) is 3.22. The maximum Gasteiger partial charge on any atom is 0.0953 e. The molecule has 2 nitrogen and oxygen atoms in total. The molecule has 1 N–H and O–H groups in total. The van der Waals surface area contributed by atoms with Crippen molar-refractivity contribution in [1.29, 1.82) is 5.26 Å². The highest BCUT2D eigenvalue weighted by molar-refractivity contribution is 4.91. The molecule has 68 valence electrons. The average molecular weight is 166 g/mol. The van der Waals surface area contributed by atoms with Crippen molar-refractivity contribution in [2.45, 2.75) is 45.1 Å². The predicted octanol–water partition coefficient (Wildman–Crippen LogP) is 2.07. The second-order valence-corrected chi connectivity index (χ2v) is 3.68. The van der Waals surface area contributed by atoms with Crippen molar-refractivity contribution in [2.75, 3.05) is 6.54 Å². The minimum absolute atomic E-state index is 0.102. The van der Waals surface area contributed by atoms with E-state index in [9.17, 15) is 0 Å². The van der Waals surface area contributed by atoms with E-state index in [1.165, 1.54) is 19.3 Å². The van der Waals surface area contributed by atoms with Crippen LogP contribution in [0.2, 0.25) is 0 Å². The number of rotatable bonds is 6. The minimum Gasteiger partial charge on any atom is -0.302 e. The van der Waals surface area contributed by atoms with Gasteiger partial charge < -0.3 is 5.32 Å². The zero-order chi connectivity index (χ0) is 8.81. The molecule has 0 aromatic rings. The summed E-state index contributed by atoms with van der Waals surface area (Å²) in [6, 6.07) is 2.41. The number of nitrogens with one attached hydrogen (secondary N) is 1. The van der Waals surface area contributed by atoms with Gasteiger partial charge in [0.25, 0.3) is 0 Å². The normalized spacial score (nSPS) is 18.7. The van der Waals surface area contributed by atoms with E-state index < -0.39 is 0 Å². The van der Waals surface area contributed by atoms with Crippen molar-refractivity contribution < 1.29 is 0 Å². The molecule has 1 unspecified atom stereocenters. The maximum atomic E-state index is 8.77. The van der Waals surface area contributed by atoms with E-state index in [4.69, 9.17) is 5.26 Å². The van der Waals surface area contributed by atoms with Gasteiger partial charge in [-0.3, -0.25) is 0 Å². The summed E-state index contributed by atoms with van der Waals surface area (Å²) in [5.74, 6) is 0.877. The third-order valence-electron chi connectivity index (χ3n) is 2.35. The molecule has 1 aliphatic carbocycles. The van der Waals surface area contributed by atoms with Gasteiger partial charge in [-0.1, -0.05) is 19.8 Å². The molecule has 1 rings (SSSR count). The Morgan fingerprint density at radius 1 is 1.58 bits per heavy atom. The molecule has 0 heterocycles. The Hall–Kier alpha value is -0.550. The number of unbranched alkanes of at least 4 members (excludes halogenated alkanes) is 1. The molecule has 0 aromatic carbocycles. The van der Waals surface area contributed by atoms with Crippen LogP contribution >= 0.6 is 0 Å². The van der Waals surface area contributed by atoms with Crippen LogP contribution in [-0.4, -0.2) is 12.6 Å². The van der Waals surface area contributed by atoms with Crippen LogP contribution in [0.15, 0.2) is 0 Å². The van der Waals surface area contributed by atoms with Gasteiger partial charge in [-0.15, -0.1) is 0 Å². The van der Waals surface area contributed by atoms with Crippen molar-refractivity contribution in [3.8, 4) is 6.07 Å². The van der Waals surface area contributed by atoms with Crippen LogP contribution in [0, 0.1) is 17.2 Å². The quantitative estimate of drug-likeness (QED) is 0.655. The van der Waals surface area contributed by atoms with E-state index in [1.54, 1.807) is 0 Å². The maximum absolute atomic E-state index is 8.77. The smallest absolute Gasteiger partial charge is 0.0953 e.